The van der Waals surface area contributed by atoms with E-state index in [0.717, 1.165) is 11.3 Å². The number of nitrogens with zero attached hydrogens (tertiary/aromatic N) is 3. The fourth-order valence-electron chi connectivity index (χ4n) is 4.83. The zero-order valence-electron chi connectivity index (χ0n) is 22.8. The highest BCUT2D eigenvalue weighted by atomic mass is 32.1. The van der Waals surface area contributed by atoms with E-state index in [0.29, 0.717) is 46.2 Å². The number of fused-ring (bicyclic) bond motifs is 2. The van der Waals surface area contributed by atoms with Gasteiger partial charge in [0, 0.05) is 5.56 Å². The van der Waals surface area contributed by atoms with Gasteiger partial charge in [-0.1, -0.05) is 24.7 Å². The van der Waals surface area contributed by atoms with Crippen LogP contribution in [0.25, 0.3) is 6.08 Å². The number of methoxy groups -OCH3 is 2. The Kier molecular flexibility index (Phi) is 7.79. The Morgan fingerprint density at radius 1 is 1.20 bits per heavy atom. The first kappa shape index (κ1) is 27.9. The Balaban J connectivity index is 1.81. The van der Waals surface area contributed by atoms with Crippen molar-refractivity contribution in [3.63, 3.8) is 0 Å². The largest absolute Gasteiger partial charge is 0.497 e. The number of thiazole rings is 1. The maximum absolute atomic E-state index is 14.1. The summed E-state index contributed by atoms with van der Waals surface area (Å²) >= 11 is 1.06. The fourth-order valence-corrected chi connectivity index (χ4v) is 5.84. The van der Waals surface area contributed by atoms with Gasteiger partial charge in [-0.15, -0.1) is 0 Å². The summed E-state index contributed by atoms with van der Waals surface area (Å²) in [5.41, 5.74) is 0.632. The molecule has 0 N–H and O–H groups in total. The maximum Gasteiger partial charge on any atom is 0.338 e. The van der Waals surface area contributed by atoms with Crippen molar-refractivity contribution in [3.05, 3.63) is 82.5 Å². The molecule has 2 aliphatic heterocycles. The van der Waals surface area contributed by atoms with Crippen LogP contribution in [0.15, 0.2) is 51.4 Å². The molecule has 0 spiro atoms. The van der Waals surface area contributed by atoms with Crippen LogP contribution in [0.2, 0.25) is 0 Å². The third-order valence-electron chi connectivity index (χ3n) is 6.63. The molecule has 2 aliphatic rings. The number of carbonyl (C=O) groups is 1. The lowest BCUT2D eigenvalue weighted by atomic mass is 9.93. The second-order valence-corrected chi connectivity index (χ2v) is 10.1. The Bertz CT molecular complexity index is 1760. The van der Waals surface area contributed by atoms with Crippen LogP contribution in [0.4, 0.5) is 5.69 Å². The van der Waals surface area contributed by atoms with Crippen LogP contribution in [0, 0.1) is 10.1 Å². The molecule has 0 saturated carbocycles. The fraction of sp³-hybridized carbons (Fsp3) is 0.321. The van der Waals surface area contributed by atoms with E-state index in [2.05, 4.69) is 0 Å². The second-order valence-electron chi connectivity index (χ2n) is 9.04. The number of hydrogen-bond acceptors (Lipinski definition) is 11. The van der Waals surface area contributed by atoms with Crippen molar-refractivity contribution in [2.24, 2.45) is 4.99 Å². The summed E-state index contributed by atoms with van der Waals surface area (Å²) in [7, 11) is 3.01. The lowest BCUT2D eigenvalue weighted by Gasteiger charge is -2.27. The molecule has 0 bridgehead atoms. The molecule has 0 radical (unpaired) electrons. The van der Waals surface area contributed by atoms with Crippen molar-refractivity contribution < 1.29 is 33.4 Å². The highest BCUT2D eigenvalue weighted by molar-refractivity contribution is 7.07. The number of nitro groups is 1. The maximum atomic E-state index is 14.1. The summed E-state index contributed by atoms with van der Waals surface area (Å²) in [5, 5.41) is 11.9. The lowest BCUT2D eigenvalue weighted by molar-refractivity contribution is -0.385. The van der Waals surface area contributed by atoms with E-state index < -0.39 is 22.5 Å². The van der Waals surface area contributed by atoms with Crippen molar-refractivity contribution in [1.29, 1.82) is 0 Å². The molecule has 0 unspecified atom stereocenters. The summed E-state index contributed by atoms with van der Waals surface area (Å²) < 4.78 is 28.8. The molecule has 1 atom stereocenters. The first-order valence-corrected chi connectivity index (χ1v) is 13.6. The topological polar surface area (TPSA) is 141 Å². The summed E-state index contributed by atoms with van der Waals surface area (Å²) in [6, 6.07) is 6.90. The van der Waals surface area contributed by atoms with Crippen LogP contribution < -0.4 is 33.8 Å². The third-order valence-corrected chi connectivity index (χ3v) is 7.61. The van der Waals surface area contributed by atoms with Gasteiger partial charge in [-0.25, -0.2) is 9.79 Å². The van der Waals surface area contributed by atoms with Crippen LogP contribution >= 0.6 is 11.3 Å². The third kappa shape index (κ3) is 5.04. The minimum absolute atomic E-state index is 0.0582. The molecule has 0 aliphatic carbocycles. The van der Waals surface area contributed by atoms with Gasteiger partial charge in [-0.05, 0) is 43.7 Å². The normalized spacial score (nSPS) is 15.8. The van der Waals surface area contributed by atoms with Gasteiger partial charge in [-0.2, -0.15) is 0 Å². The molecule has 1 aromatic heterocycles. The minimum atomic E-state index is -0.953. The van der Waals surface area contributed by atoms with Crippen LogP contribution in [0.3, 0.4) is 0 Å². The molecule has 5 rings (SSSR count). The first-order valence-electron chi connectivity index (χ1n) is 12.8. The van der Waals surface area contributed by atoms with Gasteiger partial charge in [0.25, 0.3) is 11.2 Å². The SMILES string of the molecule is CCCC1=C(C(=O)OCC)[C@@H](c2cc(OC)ccc2OC)n2c(s/c(=C\c3cc4c(cc3[N+](=O)[O-])OCO4)c2=O)=N1. The van der Waals surface area contributed by atoms with Gasteiger partial charge in [0.05, 0.1) is 53.2 Å². The molecule has 3 heterocycles. The highest BCUT2D eigenvalue weighted by Gasteiger charge is 2.36. The summed E-state index contributed by atoms with van der Waals surface area (Å²) in [6.07, 6.45) is 2.56. The molecule has 0 saturated heterocycles. The predicted molar refractivity (Wildman–Crippen MR) is 148 cm³/mol. The minimum Gasteiger partial charge on any atom is -0.497 e. The monoisotopic (exact) mass is 581 g/mol. The predicted octanol–water partition coefficient (Wildman–Crippen LogP) is 3.23. The van der Waals surface area contributed by atoms with Gasteiger partial charge < -0.3 is 23.7 Å². The quantitative estimate of drug-likeness (QED) is 0.212. The average Bonchev–Trinajstić information content (AvgIpc) is 3.55. The second kappa shape index (κ2) is 11.5. The molecule has 12 nitrogen and oxygen atoms in total. The Morgan fingerprint density at radius 2 is 1.95 bits per heavy atom. The number of nitro benzene ring substituents is 1. The number of benzene rings is 2. The van der Waals surface area contributed by atoms with Crippen molar-refractivity contribution in [1.82, 2.24) is 4.57 Å². The van der Waals surface area contributed by atoms with Crippen LogP contribution in [0.1, 0.15) is 43.9 Å². The molecule has 2 aromatic carbocycles. The molecule has 41 heavy (non-hydrogen) atoms. The Labute approximate surface area is 237 Å². The van der Waals surface area contributed by atoms with Crippen molar-refractivity contribution >= 4 is 29.1 Å². The van der Waals surface area contributed by atoms with Crippen LogP contribution in [-0.2, 0) is 9.53 Å². The molecule has 3 aromatic rings. The zero-order valence-corrected chi connectivity index (χ0v) is 23.6. The van der Waals surface area contributed by atoms with E-state index in [4.69, 9.17) is 28.7 Å². The lowest BCUT2D eigenvalue weighted by Crippen LogP contribution is -2.40. The molecule has 214 valence electrons. The number of allylic oxidation sites excluding steroid dienone is 1. The molecule has 0 amide bonds. The smallest absolute Gasteiger partial charge is 0.338 e. The van der Waals surface area contributed by atoms with Crippen LogP contribution in [0.5, 0.6) is 23.0 Å². The number of ether oxygens (including phenoxy) is 5. The van der Waals surface area contributed by atoms with Gasteiger partial charge in [0.15, 0.2) is 16.3 Å². The number of rotatable bonds is 9. The van der Waals surface area contributed by atoms with Gasteiger partial charge in [-0.3, -0.25) is 19.5 Å². The van der Waals surface area contributed by atoms with E-state index in [1.807, 2.05) is 6.92 Å². The summed E-state index contributed by atoms with van der Waals surface area (Å²) in [6.45, 7) is 3.73. The number of esters is 1. The van der Waals surface area contributed by atoms with Crippen molar-refractivity contribution in [2.75, 3.05) is 27.6 Å². The van der Waals surface area contributed by atoms with E-state index in [1.165, 1.54) is 37.0 Å². The molecule has 13 heteroatoms. The van der Waals surface area contributed by atoms with Gasteiger partial charge in [0.1, 0.15) is 17.5 Å². The summed E-state index contributed by atoms with van der Waals surface area (Å²) in [4.78, 5) is 43.9. The number of aromatic nitrogens is 1. The van der Waals surface area contributed by atoms with E-state index in [-0.39, 0.29) is 40.5 Å². The van der Waals surface area contributed by atoms with E-state index in [9.17, 15) is 19.7 Å². The van der Waals surface area contributed by atoms with Crippen molar-refractivity contribution in [2.45, 2.75) is 32.7 Å². The van der Waals surface area contributed by atoms with E-state index >= 15 is 0 Å². The van der Waals surface area contributed by atoms with Crippen molar-refractivity contribution in [3.8, 4) is 23.0 Å². The highest BCUT2D eigenvalue weighted by Crippen LogP contribution is 2.40. The standard InChI is InChI=1S/C28H27N3O9S/c1-5-7-18-24(27(33)38-6-2)25(17-12-16(36-3)8-9-20(17)37-4)30-26(32)23(41-28(30)29-18)11-15-10-21-22(40-14-39-21)13-19(15)31(34)35/h8-13,25H,5-7,14H2,1-4H3/b23-11-/t25-/m1/s1. The van der Waals surface area contributed by atoms with Crippen LogP contribution in [-0.4, -0.2) is 43.1 Å². The number of carbonyl (C=O) groups excluding carboxylic acids is 1. The Hall–Kier alpha value is -4.65. The Morgan fingerprint density at radius 3 is 2.61 bits per heavy atom. The molecular weight excluding hydrogens is 554 g/mol. The summed E-state index contributed by atoms with van der Waals surface area (Å²) in [5.74, 6) is 0.912. The number of hydrogen-bond donors (Lipinski definition) is 0. The van der Waals surface area contributed by atoms with Gasteiger partial charge >= 0.3 is 5.97 Å². The zero-order chi connectivity index (χ0) is 29.3. The van der Waals surface area contributed by atoms with Gasteiger partial charge in [0.2, 0.25) is 6.79 Å². The van der Waals surface area contributed by atoms with E-state index in [1.54, 1.807) is 25.1 Å². The molecular formula is C28H27N3O9S. The molecule has 0 fully saturated rings. The first-order chi connectivity index (χ1) is 19.8. The average molecular weight is 582 g/mol.